The minimum Gasteiger partial charge on any atom is -0.497 e. The Labute approximate surface area is 145 Å². The molecule has 1 heterocycles. The van der Waals surface area contributed by atoms with E-state index in [0.29, 0.717) is 6.04 Å². The molecule has 24 heavy (non-hydrogen) atoms. The van der Waals surface area contributed by atoms with Gasteiger partial charge in [-0.2, -0.15) is 0 Å². The van der Waals surface area contributed by atoms with Gasteiger partial charge >= 0.3 is 6.03 Å². The molecule has 0 aromatic heterocycles. The molecule has 0 radical (unpaired) electrons. The van der Waals surface area contributed by atoms with Crippen molar-refractivity contribution in [3.8, 4) is 5.75 Å². The van der Waals surface area contributed by atoms with Crippen LogP contribution in [-0.4, -0.2) is 61.7 Å². The van der Waals surface area contributed by atoms with Crippen molar-refractivity contribution in [2.24, 2.45) is 0 Å². The van der Waals surface area contributed by atoms with Crippen LogP contribution in [0.1, 0.15) is 31.2 Å². The molecule has 1 saturated carbocycles. The molecule has 2 fully saturated rings. The smallest absolute Gasteiger partial charge is 0.317 e. The Kier molecular flexibility index (Phi) is 5.96. The molecule has 0 spiro atoms. The molecule has 0 unspecified atom stereocenters. The lowest BCUT2D eigenvalue weighted by molar-refractivity contribution is 0.138. The van der Waals surface area contributed by atoms with Crippen molar-refractivity contribution >= 4 is 6.03 Å². The van der Waals surface area contributed by atoms with Gasteiger partial charge in [-0.15, -0.1) is 0 Å². The zero-order valence-corrected chi connectivity index (χ0v) is 14.7. The standard InChI is InChI=1S/C19H29N3O2/c1-24-18-8-6-16(7-9-18)10-11-21-12-14-22(15-13-21)19(23)20-17-4-2-3-5-17/h6-9,17H,2-5,10-15H2,1H3,(H,20,23). The van der Waals surface area contributed by atoms with Crippen LogP contribution in [0.25, 0.3) is 0 Å². The van der Waals surface area contributed by atoms with Gasteiger partial charge in [0.25, 0.3) is 0 Å². The maximum atomic E-state index is 12.3. The van der Waals surface area contributed by atoms with E-state index in [2.05, 4.69) is 22.3 Å². The molecular weight excluding hydrogens is 302 g/mol. The third-order valence-electron chi connectivity index (χ3n) is 5.22. The van der Waals surface area contributed by atoms with Gasteiger partial charge in [0.2, 0.25) is 0 Å². The van der Waals surface area contributed by atoms with Gasteiger partial charge in [-0.1, -0.05) is 25.0 Å². The molecular formula is C19H29N3O2. The maximum Gasteiger partial charge on any atom is 0.317 e. The maximum absolute atomic E-state index is 12.3. The first-order chi connectivity index (χ1) is 11.7. The molecule has 1 aromatic rings. The van der Waals surface area contributed by atoms with Crippen LogP contribution in [0.3, 0.4) is 0 Å². The number of piperazine rings is 1. The Morgan fingerprint density at radius 2 is 1.79 bits per heavy atom. The minimum absolute atomic E-state index is 0.136. The molecule has 1 saturated heterocycles. The fourth-order valence-electron chi connectivity index (χ4n) is 3.59. The lowest BCUT2D eigenvalue weighted by atomic mass is 10.1. The number of nitrogens with one attached hydrogen (secondary N) is 1. The first-order valence-corrected chi connectivity index (χ1v) is 9.15. The summed E-state index contributed by atoms with van der Waals surface area (Å²) in [5.74, 6) is 0.903. The Hall–Kier alpha value is -1.75. The molecule has 1 N–H and O–H groups in total. The molecule has 132 valence electrons. The fraction of sp³-hybridized carbons (Fsp3) is 0.632. The van der Waals surface area contributed by atoms with Gasteiger partial charge in [0.05, 0.1) is 7.11 Å². The number of urea groups is 1. The zero-order chi connectivity index (χ0) is 16.8. The molecule has 2 amide bonds. The van der Waals surface area contributed by atoms with Crippen LogP contribution in [0.2, 0.25) is 0 Å². The van der Waals surface area contributed by atoms with Crippen LogP contribution in [0.15, 0.2) is 24.3 Å². The summed E-state index contributed by atoms with van der Waals surface area (Å²) in [6.45, 7) is 4.65. The van der Waals surface area contributed by atoms with E-state index in [0.717, 1.165) is 57.7 Å². The summed E-state index contributed by atoms with van der Waals surface area (Å²) in [7, 11) is 1.69. The van der Waals surface area contributed by atoms with E-state index in [1.165, 1.54) is 18.4 Å². The van der Waals surface area contributed by atoms with Crippen molar-refractivity contribution in [3.05, 3.63) is 29.8 Å². The number of ether oxygens (including phenoxy) is 1. The SMILES string of the molecule is COc1ccc(CCN2CCN(C(=O)NC3CCCC3)CC2)cc1. The fourth-order valence-corrected chi connectivity index (χ4v) is 3.59. The van der Waals surface area contributed by atoms with Crippen LogP contribution in [0, 0.1) is 0 Å². The summed E-state index contributed by atoms with van der Waals surface area (Å²) in [5, 5.41) is 3.19. The van der Waals surface area contributed by atoms with Crippen LogP contribution >= 0.6 is 0 Å². The number of nitrogens with zero attached hydrogens (tertiary/aromatic N) is 2. The minimum atomic E-state index is 0.136. The molecule has 5 nitrogen and oxygen atoms in total. The van der Waals surface area contributed by atoms with Gasteiger partial charge in [-0.25, -0.2) is 4.79 Å². The Balaban J connectivity index is 1.37. The van der Waals surface area contributed by atoms with Crippen LogP contribution in [0.5, 0.6) is 5.75 Å². The third kappa shape index (κ3) is 4.63. The second kappa shape index (κ2) is 8.38. The van der Waals surface area contributed by atoms with Crippen molar-refractivity contribution in [2.45, 2.75) is 38.1 Å². The lowest BCUT2D eigenvalue weighted by Crippen LogP contribution is -2.53. The molecule has 1 aliphatic heterocycles. The summed E-state index contributed by atoms with van der Waals surface area (Å²) in [6.07, 6.45) is 5.84. The summed E-state index contributed by atoms with van der Waals surface area (Å²) in [4.78, 5) is 16.7. The number of carbonyl (C=O) groups is 1. The molecule has 0 atom stereocenters. The Morgan fingerprint density at radius 1 is 1.12 bits per heavy atom. The monoisotopic (exact) mass is 331 g/mol. The number of hydrogen-bond donors (Lipinski definition) is 1. The topological polar surface area (TPSA) is 44.8 Å². The van der Waals surface area contributed by atoms with Crippen molar-refractivity contribution in [3.63, 3.8) is 0 Å². The summed E-state index contributed by atoms with van der Waals surface area (Å²) >= 11 is 0. The highest BCUT2D eigenvalue weighted by atomic mass is 16.5. The van der Waals surface area contributed by atoms with Crippen LogP contribution < -0.4 is 10.1 Å². The van der Waals surface area contributed by atoms with E-state index in [1.54, 1.807) is 7.11 Å². The van der Waals surface area contributed by atoms with Gasteiger partial charge in [0.15, 0.2) is 0 Å². The van der Waals surface area contributed by atoms with Gasteiger partial charge in [0, 0.05) is 38.8 Å². The largest absolute Gasteiger partial charge is 0.497 e. The number of amides is 2. The quantitative estimate of drug-likeness (QED) is 0.902. The van der Waals surface area contributed by atoms with Crippen LogP contribution in [-0.2, 0) is 6.42 Å². The number of carbonyl (C=O) groups excluding carboxylic acids is 1. The van der Waals surface area contributed by atoms with E-state index in [-0.39, 0.29) is 6.03 Å². The second-order valence-electron chi connectivity index (χ2n) is 6.86. The van der Waals surface area contributed by atoms with E-state index in [9.17, 15) is 4.79 Å². The van der Waals surface area contributed by atoms with E-state index < -0.39 is 0 Å². The zero-order valence-electron chi connectivity index (χ0n) is 14.7. The normalized spacial score (nSPS) is 19.5. The van der Waals surface area contributed by atoms with Crippen molar-refractivity contribution in [1.82, 2.24) is 15.1 Å². The lowest BCUT2D eigenvalue weighted by Gasteiger charge is -2.35. The van der Waals surface area contributed by atoms with Crippen LogP contribution in [0.4, 0.5) is 4.79 Å². The predicted molar refractivity (Wildman–Crippen MR) is 95.5 cm³/mol. The average Bonchev–Trinajstić information content (AvgIpc) is 3.14. The molecule has 2 aliphatic rings. The van der Waals surface area contributed by atoms with Gasteiger partial charge in [-0.3, -0.25) is 4.90 Å². The summed E-state index contributed by atoms with van der Waals surface area (Å²) in [6, 6.07) is 8.83. The molecule has 0 bridgehead atoms. The first-order valence-electron chi connectivity index (χ1n) is 9.15. The van der Waals surface area contributed by atoms with E-state index in [4.69, 9.17) is 4.74 Å². The number of benzene rings is 1. The molecule has 1 aliphatic carbocycles. The highest BCUT2D eigenvalue weighted by Gasteiger charge is 2.24. The summed E-state index contributed by atoms with van der Waals surface area (Å²) < 4.78 is 5.19. The van der Waals surface area contributed by atoms with E-state index >= 15 is 0 Å². The Bertz CT molecular complexity index is 518. The van der Waals surface area contributed by atoms with Gasteiger partial charge < -0.3 is 15.0 Å². The Morgan fingerprint density at radius 3 is 2.42 bits per heavy atom. The first kappa shape index (κ1) is 17.1. The number of rotatable bonds is 5. The predicted octanol–water partition coefficient (Wildman–Crippen LogP) is 2.51. The van der Waals surface area contributed by atoms with Gasteiger partial charge in [-0.05, 0) is 37.0 Å². The summed E-state index contributed by atoms with van der Waals surface area (Å²) in [5.41, 5.74) is 1.33. The third-order valence-corrected chi connectivity index (χ3v) is 5.22. The van der Waals surface area contributed by atoms with Crippen molar-refractivity contribution < 1.29 is 9.53 Å². The molecule has 5 heteroatoms. The number of hydrogen-bond acceptors (Lipinski definition) is 3. The highest BCUT2D eigenvalue weighted by Crippen LogP contribution is 2.18. The number of methoxy groups -OCH3 is 1. The highest BCUT2D eigenvalue weighted by molar-refractivity contribution is 5.74. The molecule has 3 rings (SSSR count). The molecule has 1 aromatic carbocycles. The second-order valence-corrected chi connectivity index (χ2v) is 6.86. The average molecular weight is 331 g/mol. The van der Waals surface area contributed by atoms with E-state index in [1.807, 2.05) is 17.0 Å². The van der Waals surface area contributed by atoms with Crippen molar-refractivity contribution in [2.75, 3.05) is 39.8 Å². The van der Waals surface area contributed by atoms with Crippen molar-refractivity contribution in [1.29, 1.82) is 0 Å². The van der Waals surface area contributed by atoms with Gasteiger partial charge in [0.1, 0.15) is 5.75 Å².